The summed E-state index contributed by atoms with van der Waals surface area (Å²) >= 11 is 0. The Kier molecular flexibility index (Phi) is 14.4. The first-order valence-electron chi connectivity index (χ1n) is 33.8. The Bertz CT molecular complexity index is 5010. The summed E-state index contributed by atoms with van der Waals surface area (Å²) in [7, 11) is -3.10. The van der Waals surface area contributed by atoms with E-state index in [0.29, 0.717) is 0 Å². The summed E-state index contributed by atoms with van der Waals surface area (Å²) in [6, 6.07) is 118. The lowest BCUT2D eigenvalue weighted by molar-refractivity contribution is 0.590. The molecule has 0 radical (unpaired) electrons. The first kappa shape index (κ1) is 59.5. The molecule has 14 aromatic rings. The van der Waals surface area contributed by atoms with Crippen molar-refractivity contribution in [1.82, 2.24) is 4.57 Å². The highest BCUT2D eigenvalue weighted by Gasteiger charge is 2.48. The average molecular weight is 1240 g/mol. The monoisotopic (exact) mass is 1240 g/mol. The molecule has 0 saturated carbocycles. The number of benzene rings is 13. The largest absolute Gasteiger partial charge is 0.311 e. The van der Waals surface area contributed by atoms with Gasteiger partial charge in [-0.3, -0.25) is 0 Å². The Labute approximate surface area is 562 Å². The molecule has 0 spiro atoms. The van der Waals surface area contributed by atoms with Crippen LogP contribution >= 0.6 is 0 Å². The molecule has 13 aromatic carbocycles. The van der Waals surface area contributed by atoms with Gasteiger partial charge in [-0.2, -0.15) is 0 Å². The Morgan fingerprint density at radius 3 is 1.20 bits per heavy atom. The summed E-state index contributed by atoms with van der Waals surface area (Å²) in [5, 5.41) is 7.91. The normalized spacial score (nSPS) is 13.0. The standard InChI is InChI=1S/C90H78BN3Si/c1-88(2,3)64-47-52-80-75(55-64)76-56-65(89(4,5)6)48-53-81(76)92(80)67-49-51-77-83(59-67)94(87-73(62-33-18-11-19-34-62)44-30-45-74(87)63-35-20-12-21-36-63)85-58-66(90(7,8)9)57-84-86(85)91(77)78-60-71(50-54-82(78)93(84)79-46-29-28-43-72(79)61-31-16-10-17-32-61)95(68-37-22-13-23-38-68,69-39-24-14-25-40-69)70-41-26-15-27-42-70/h10-60H,1-9H3. The highest BCUT2D eigenvalue weighted by molar-refractivity contribution is 7.20. The Morgan fingerprint density at radius 1 is 0.284 bits per heavy atom. The lowest BCUT2D eigenvalue weighted by Crippen LogP contribution is -2.75. The molecule has 3 heterocycles. The van der Waals surface area contributed by atoms with Crippen LogP contribution in [0.5, 0.6) is 0 Å². The SMILES string of the molecule is CC(C)(C)c1cc2c3c(c1)N(c1c(-c4ccccc4)cccc1-c1ccccc1)c1cc(-n4c5ccc(C(C)(C)C)cc5c5cc(C(C)(C)C)ccc54)ccc1B3c1cc([Si](c3ccccc3)(c3ccccc3)c3ccccc3)ccc1N2c1ccccc1-c1ccccc1. The summed E-state index contributed by atoms with van der Waals surface area (Å²) in [6.45, 7) is 20.9. The van der Waals surface area contributed by atoms with E-state index >= 15 is 0 Å². The lowest BCUT2D eigenvalue weighted by atomic mass is 9.33. The number of aromatic nitrogens is 1. The van der Waals surface area contributed by atoms with E-state index in [1.165, 1.54) is 104 Å². The number of anilines is 6. The third-order valence-electron chi connectivity index (χ3n) is 20.4. The van der Waals surface area contributed by atoms with E-state index in [1.807, 2.05) is 0 Å². The second kappa shape index (κ2) is 22.9. The fourth-order valence-corrected chi connectivity index (χ4v) is 20.4. The van der Waals surface area contributed by atoms with Crippen molar-refractivity contribution in [2.75, 3.05) is 9.80 Å². The van der Waals surface area contributed by atoms with Crippen LogP contribution in [-0.4, -0.2) is 19.4 Å². The fourth-order valence-electron chi connectivity index (χ4n) is 15.6. The molecule has 0 bridgehead atoms. The van der Waals surface area contributed by atoms with Crippen molar-refractivity contribution < 1.29 is 0 Å². The van der Waals surface area contributed by atoms with Gasteiger partial charge < -0.3 is 14.4 Å². The van der Waals surface area contributed by atoms with Gasteiger partial charge in [-0.25, -0.2) is 0 Å². The van der Waals surface area contributed by atoms with Gasteiger partial charge in [0.15, 0.2) is 8.07 Å². The maximum absolute atomic E-state index is 3.10. The van der Waals surface area contributed by atoms with E-state index in [9.17, 15) is 0 Å². The summed E-state index contributed by atoms with van der Waals surface area (Å²) < 4.78 is 2.56. The van der Waals surface area contributed by atoms with Crippen LogP contribution in [0, 0.1) is 0 Å². The Balaban J connectivity index is 1.08. The predicted octanol–water partition coefficient (Wildman–Crippen LogP) is 19.1. The maximum atomic E-state index is 2.71. The number of rotatable bonds is 10. The molecule has 3 nitrogen and oxygen atoms in total. The molecular formula is C90H78BN3Si. The van der Waals surface area contributed by atoms with Crippen molar-refractivity contribution in [2.45, 2.75) is 78.6 Å². The smallest absolute Gasteiger partial charge is 0.252 e. The molecule has 0 amide bonds. The topological polar surface area (TPSA) is 11.4 Å². The van der Waals surface area contributed by atoms with E-state index in [0.717, 1.165) is 45.0 Å². The second-order valence-corrected chi connectivity index (χ2v) is 33.1. The average Bonchev–Trinajstić information content (AvgIpc) is 1.01. The first-order valence-corrected chi connectivity index (χ1v) is 35.8. The van der Waals surface area contributed by atoms with Gasteiger partial charge in [0.2, 0.25) is 0 Å². The van der Waals surface area contributed by atoms with Gasteiger partial charge in [0.25, 0.3) is 6.71 Å². The zero-order valence-corrected chi connectivity index (χ0v) is 56.9. The zero-order chi connectivity index (χ0) is 65.0. The van der Waals surface area contributed by atoms with E-state index in [2.05, 4.69) is 386 Å². The van der Waals surface area contributed by atoms with Crippen molar-refractivity contribution in [3.05, 3.63) is 326 Å². The van der Waals surface area contributed by atoms with Crippen LogP contribution in [0.15, 0.2) is 309 Å². The Hall–Kier alpha value is -10.5. The molecule has 1 aromatic heterocycles. The minimum atomic E-state index is -3.10. The number of fused-ring (bicyclic) bond motifs is 7. The number of nitrogens with zero attached hydrogens (tertiary/aromatic N) is 3. The van der Waals surface area contributed by atoms with Gasteiger partial charge in [0, 0.05) is 55.9 Å². The summed E-state index contributed by atoms with van der Waals surface area (Å²) in [4.78, 5) is 5.36. The second-order valence-electron chi connectivity index (χ2n) is 29.3. The minimum absolute atomic E-state index is 0.0435. The van der Waals surface area contributed by atoms with Crippen LogP contribution < -0.4 is 46.9 Å². The molecule has 2 aliphatic heterocycles. The number of hydrogen-bond donors (Lipinski definition) is 0. The first-order chi connectivity index (χ1) is 46.1. The maximum Gasteiger partial charge on any atom is 0.252 e. The van der Waals surface area contributed by atoms with Crippen LogP contribution in [0.25, 0.3) is 60.9 Å². The van der Waals surface area contributed by atoms with Gasteiger partial charge in [0.1, 0.15) is 0 Å². The van der Waals surface area contributed by atoms with E-state index < -0.39 is 8.07 Å². The molecule has 0 unspecified atom stereocenters. The molecular weight excluding hydrogens is 1160 g/mol. The predicted molar refractivity (Wildman–Crippen MR) is 411 cm³/mol. The molecule has 0 saturated heterocycles. The van der Waals surface area contributed by atoms with E-state index in [-0.39, 0.29) is 23.0 Å². The summed E-state index contributed by atoms with van der Waals surface area (Å²) in [6.07, 6.45) is 0. The Morgan fingerprint density at radius 2 is 0.716 bits per heavy atom. The molecule has 95 heavy (non-hydrogen) atoms. The molecule has 5 heteroatoms. The van der Waals surface area contributed by atoms with Crippen molar-refractivity contribution in [2.24, 2.45) is 0 Å². The molecule has 0 N–H and O–H groups in total. The molecule has 16 rings (SSSR count). The quantitative estimate of drug-likeness (QED) is 0.0999. The number of hydrogen-bond acceptors (Lipinski definition) is 2. The third-order valence-corrected chi connectivity index (χ3v) is 25.2. The van der Waals surface area contributed by atoms with E-state index in [4.69, 9.17) is 0 Å². The molecule has 460 valence electrons. The van der Waals surface area contributed by atoms with Gasteiger partial charge in [-0.15, -0.1) is 0 Å². The molecule has 2 aliphatic rings. The van der Waals surface area contributed by atoms with Gasteiger partial charge >= 0.3 is 0 Å². The summed E-state index contributed by atoms with van der Waals surface area (Å²) in [5.74, 6) is 0. The molecule has 0 atom stereocenters. The van der Waals surface area contributed by atoms with Crippen LogP contribution in [0.3, 0.4) is 0 Å². The van der Waals surface area contributed by atoms with Gasteiger partial charge in [-0.05, 0) is 147 Å². The zero-order valence-electron chi connectivity index (χ0n) is 55.9. The minimum Gasteiger partial charge on any atom is -0.311 e. The van der Waals surface area contributed by atoms with Crippen molar-refractivity contribution in [3.8, 4) is 39.1 Å². The van der Waals surface area contributed by atoms with Gasteiger partial charge in [-0.1, -0.05) is 311 Å². The highest BCUT2D eigenvalue weighted by Crippen LogP contribution is 2.52. The van der Waals surface area contributed by atoms with Crippen molar-refractivity contribution in [3.63, 3.8) is 0 Å². The molecule has 0 fully saturated rings. The van der Waals surface area contributed by atoms with Crippen LogP contribution in [0.4, 0.5) is 34.1 Å². The van der Waals surface area contributed by atoms with Crippen molar-refractivity contribution >= 4 is 108 Å². The van der Waals surface area contributed by atoms with Crippen LogP contribution in [0.2, 0.25) is 0 Å². The van der Waals surface area contributed by atoms with Crippen LogP contribution in [0.1, 0.15) is 79.0 Å². The third kappa shape index (κ3) is 9.93. The number of para-hydroxylation sites is 2. The highest BCUT2D eigenvalue weighted by atomic mass is 28.3. The summed E-state index contributed by atoms with van der Waals surface area (Å²) in [5.41, 5.74) is 24.8. The fraction of sp³-hybridized carbons (Fsp3) is 0.133. The van der Waals surface area contributed by atoms with Crippen LogP contribution in [-0.2, 0) is 16.2 Å². The van der Waals surface area contributed by atoms with Crippen molar-refractivity contribution in [1.29, 1.82) is 0 Å². The lowest BCUT2D eigenvalue weighted by Gasteiger charge is -2.46. The molecule has 0 aliphatic carbocycles. The van der Waals surface area contributed by atoms with Gasteiger partial charge in [0.05, 0.1) is 22.4 Å². The van der Waals surface area contributed by atoms with E-state index in [1.54, 1.807) is 0 Å².